The molecule has 0 amide bonds. The quantitative estimate of drug-likeness (QED) is 0.267. The molecule has 0 aliphatic heterocycles. The van der Waals surface area contributed by atoms with Gasteiger partial charge in [0.1, 0.15) is 5.76 Å². The minimum absolute atomic E-state index is 0. The zero-order chi connectivity index (χ0) is 21.3. The molecule has 0 bridgehead atoms. The molecule has 1 atom stereocenters. The SMILES string of the molecule is CCNC(=NCc1c(CC)noc1CC)NC(CC)CS(=O)(=O)c1ccccc1.I. The molecule has 1 heterocycles. The van der Waals surface area contributed by atoms with Crippen LogP contribution < -0.4 is 10.6 Å². The first-order chi connectivity index (χ1) is 13.9. The van der Waals surface area contributed by atoms with Crippen molar-refractivity contribution < 1.29 is 12.9 Å². The third-order valence-electron chi connectivity index (χ3n) is 4.70. The Bertz CT molecular complexity index is 877. The van der Waals surface area contributed by atoms with Crippen molar-refractivity contribution >= 4 is 39.8 Å². The average Bonchev–Trinajstić information content (AvgIpc) is 3.14. The molecule has 1 unspecified atom stereocenters. The van der Waals surface area contributed by atoms with Gasteiger partial charge in [-0.15, -0.1) is 24.0 Å². The number of guanidine groups is 1. The Morgan fingerprint density at radius 2 is 1.83 bits per heavy atom. The zero-order valence-corrected chi connectivity index (χ0v) is 21.3. The molecular formula is C21H33IN4O3S. The van der Waals surface area contributed by atoms with Crippen molar-refractivity contribution in [3.63, 3.8) is 0 Å². The Morgan fingerprint density at radius 3 is 2.40 bits per heavy atom. The predicted molar refractivity (Wildman–Crippen MR) is 131 cm³/mol. The van der Waals surface area contributed by atoms with Crippen LogP contribution in [0.3, 0.4) is 0 Å². The van der Waals surface area contributed by atoms with E-state index in [1.165, 1.54) is 0 Å². The Kier molecular flexibility index (Phi) is 11.4. The number of nitrogens with one attached hydrogen (secondary N) is 2. The lowest BCUT2D eigenvalue weighted by Gasteiger charge is -2.20. The first-order valence-corrected chi connectivity index (χ1v) is 11.9. The summed E-state index contributed by atoms with van der Waals surface area (Å²) in [5.41, 5.74) is 1.93. The maximum atomic E-state index is 12.7. The molecule has 7 nitrogen and oxygen atoms in total. The van der Waals surface area contributed by atoms with Crippen LogP contribution in [0.2, 0.25) is 0 Å². The fraction of sp³-hybridized carbons (Fsp3) is 0.524. The van der Waals surface area contributed by atoms with E-state index >= 15 is 0 Å². The van der Waals surface area contributed by atoms with Gasteiger partial charge in [0.2, 0.25) is 0 Å². The van der Waals surface area contributed by atoms with Crippen LogP contribution in [0.25, 0.3) is 0 Å². The second-order valence-corrected chi connectivity index (χ2v) is 8.81. The Balaban J connectivity index is 0.00000450. The second kappa shape index (κ2) is 12.9. The molecule has 2 N–H and O–H groups in total. The van der Waals surface area contributed by atoms with Gasteiger partial charge in [-0.1, -0.05) is 44.1 Å². The van der Waals surface area contributed by atoms with E-state index in [0.29, 0.717) is 30.4 Å². The van der Waals surface area contributed by atoms with Gasteiger partial charge in [-0.2, -0.15) is 0 Å². The van der Waals surface area contributed by atoms with Crippen molar-refractivity contribution in [2.75, 3.05) is 12.3 Å². The normalized spacial score (nSPS) is 12.9. The average molecular weight is 548 g/mol. The fourth-order valence-electron chi connectivity index (χ4n) is 3.04. The van der Waals surface area contributed by atoms with E-state index < -0.39 is 9.84 Å². The topological polar surface area (TPSA) is 96.6 Å². The number of aliphatic imine (C=N–C) groups is 1. The third-order valence-corrected chi connectivity index (χ3v) is 6.53. The van der Waals surface area contributed by atoms with Crippen LogP contribution in [-0.4, -0.2) is 37.9 Å². The van der Waals surface area contributed by atoms with Gasteiger partial charge >= 0.3 is 0 Å². The summed E-state index contributed by atoms with van der Waals surface area (Å²) in [6.07, 6.45) is 2.20. The van der Waals surface area contributed by atoms with Gasteiger partial charge in [-0.05, 0) is 31.9 Å². The summed E-state index contributed by atoms with van der Waals surface area (Å²) in [4.78, 5) is 5.00. The highest BCUT2D eigenvalue weighted by atomic mass is 127. The maximum absolute atomic E-state index is 12.7. The summed E-state index contributed by atoms with van der Waals surface area (Å²) < 4.78 is 30.9. The van der Waals surface area contributed by atoms with Gasteiger partial charge < -0.3 is 15.2 Å². The van der Waals surface area contributed by atoms with Crippen LogP contribution in [0.4, 0.5) is 0 Å². The molecule has 30 heavy (non-hydrogen) atoms. The van der Waals surface area contributed by atoms with Gasteiger partial charge in [0.25, 0.3) is 0 Å². The van der Waals surface area contributed by atoms with E-state index in [1.807, 2.05) is 33.8 Å². The van der Waals surface area contributed by atoms with Crippen molar-refractivity contribution in [2.45, 2.75) is 64.4 Å². The van der Waals surface area contributed by atoms with Crippen LogP contribution in [0.15, 0.2) is 44.7 Å². The number of benzene rings is 1. The lowest BCUT2D eigenvalue weighted by molar-refractivity contribution is 0.380. The first-order valence-electron chi connectivity index (χ1n) is 10.2. The van der Waals surface area contributed by atoms with Gasteiger partial charge in [-0.3, -0.25) is 0 Å². The summed E-state index contributed by atoms with van der Waals surface area (Å²) in [6.45, 7) is 9.12. The minimum atomic E-state index is -3.38. The molecular weight excluding hydrogens is 515 g/mol. The number of aromatic nitrogens is 1. The van der Waals surface area contributed by atoms with Crippen molar-refractivity contribution in [1.29, 1.82) is 0 Å². The Morgan fingerprint density at radius 1 is 1.13 bits per heavy atom. The first kappa shape index (κ1) is 26.4. The van der Waals surface area contributed by atoms with Gasteiger partial charge in [0.15, 0.2) is 15.8 Å². The van der Waals surface area contributed by atoms with Crippen molar-refractivity contribution in [3.05, 3.63) is 47.3 Å². The van der Waals surface area contributed by atoms with Crippen LogP contribution in [0.5, 0.6) is 0 Å². The van der Waals surface area contributed by atoms with Crippen molar-refractivity contribution in [3.8, 4) is 0 Å². The van der Waals surface area contributed by atoms with Crippen LogP contribution >= 0.6 is 24.0 Å². The molecule has 0 saturated carbocycles. The van der Waals surface area contributed by atoms with E-state index in [9.17, 15) is 8.42 Å². The van der Waals surface area contributed by atoms with E-state index in [-0.39, 0.29) is 35.8 Å². The number of nitrogens with zero attached hydrogens (tertiary/aromatic N) is 2. The number of hydrogen-bond acceptors (Lipinski definition) is 5. The van der Waals surface area contributed by atoms with E-state index in [4.69, 9.17) is 4.52 Å². The number of sulfone groups is 1. The lowest BCUT2D eigenvalue weighted by Crippen LogP contribution is -2.46. The minimum Gasteiger partial charge on any atom is -0.361 e. The number of hydrogen-bond donors (Lipinski definition) is 2. The van der Waals surface area contributed by atoms with Crippen molar-refractivity contribution in [2.24, 2.45) is 4.99 Å². The summed E-state index contributed by atoms with van der Waals surface area (Å²) in [5.74, 6) is 1.44. The molecule has 2 aromatic rings. The van der Waals surface area contributed by atoms with Crippen LogP contribution in [-0.2, 0) is 29.2 Å². The molecule has 0 radical (unpaired) electrons. The molecule has 0 aliphatic carbocycles. The molecule has 0 aliphatic rings. The molecule has 0 saturated heterocycles. The van der Waals surface area contributed by atoms with Gasteiger partial charge in [0, 0.05) is 24.6 Å². The summed E-state index contributed by atoms with van der Waals surface area (Å²) in [6, 6.07) is 8.30. The van der Waals surface area contributed by atoms with Gasteiger partial charge in [0.05, 0.1) is 22.9 Å². The summed E-state index contributed by atoms with van der Waals surface area (Å²) in [5, 5.41) is 10.6. The molecule has 168 valence electrons. The highest BCUT2D eigenvalue weighted by Crippen LogP contribution is 2.17. The Hall–Kier alpha value is -1.62. The third kappa shape index (κ3) is 7.26. The monoisotopic (exact) mass is 548 g/mol. The van der Waals surface area contributed by atoms with E-state index in [1.54, 1.807) is 24.3 Å². The number of rotatable bonds is 10. The molecule has 2 rings (SSSR count). The molecule has 0 spiro atoms. The number of halogens is 1. The standard InChI is InChI=1S/C21H32N4O3S.HI/c1-5-16(15-29(26,27)17-12-10-9-11-13-17)24-21(22-8-4)23-14-18-19(6-2)25-28-20(18)7-3;/h9-13,16H,5-8,14-15H2,1-4H3,(H2,22,23,24);1H. The van der Waals surface area contributed by atoms with Crippen LogP contribution in [0.1, 0.15) is 51.1 Å². The molecule has 9 heteroatoms. The predicted octanol–water partition coefficient (Wildman–Crippen LogP) is 3.73. The van der Waals surface area contributed by atoms with Crippen molar-refractivity contribution in [1.82, 2.24) is 15.8 Å². The van der Waals surface area contributed by atoms with E-state index in [0.717, 1.165) is 29.9 Å². The second-order valence-electron chi connectivity index (χ2n) is 6.78. The Labute approximate surface area is 197 Å². The number of aryl methyl sites for hydroxylation is 2. The zero-order valence-electron chi connectivity index (χ0n) is 18.1. The van der Waals surface area contributed by atoms with E-state index in [2.05, 4.69) is 20.8 Å². The highest BCUT2D eigenvalue weighted by molar-refractivity contribution is 14.0. The maximum Gasteiger partial charge on any atom is 0.191 e. The summed E-state index contributed by atoms with van der Waals surface area (Å²) in [7, 11) is -3.38. The lowest BCUT2D eigenvalue weighted by atomic mass is 10.1. The van der Waals surface area contributed by atoms with Gasteiger partial charge in [-0.25, -0.2) is 13.4 Å². The van der Waals surface area contributed by atoms with Crippen LogP contribution in [0, 0.1) is 0 Å². The highest BCUT2D eigenvalue weighted by Gasteiger charge is 2.21. The largest absolute Gasteiger partial charge is 0.361 e. The smallest absolute Gasteiger partial charge is 0.191 e. The molecule has 1 aromatic heterocycles. The summed E-state index contributed by atoms with van der Waals surface area (Å²) >= 11 is 0. The molecule has 0 fully saturated rings. The fourth-order valence-corrected chi connectivity index (χ4v) is 4.65. The molecule has 1 aromatic carbocycles.